The van der Waals surface area contributed by atoms with Crippen LogP contribution >= 0.6 is 0 Å². The van der Waals surface area contributed by atoms with E-state index in [4.69, 9.17) is 15.1 Å². The highest BCUT2D eigenvalue weighted by Gasteiger charge is 2.62. The number of hydrogen-bond acceptors (Lipinski definition) is 5. The van der Waals surface area contributed by atoms with Gasteiger partial charge in [0.25, 0.3) is 5.91 Å². The molecule has 4 aliphatic carbocycles. The second kappa shape index (κ2) is 11.7. The first-order valence-corrected chi connectivity index (χ1v) is 15.4. The summed E-state index contributed by atoms with van der Waals surface area (Å²) in [5.74, 6) is 3.90. The number of amides is 1. The monoisotopic (exact) mass is 525 g/mol. The van der Waals surface area contributed by atoms with Crippen molar-refractivity contribution in [1.82, 2.24) is 5.43 Å². The molecule has 0 spiro atoms. The first kappa shape index (κ1) is 29.1. The van der Waals surface area contributed by atoms with Crippen molar-refractivity contribution in [2.24, 2.45) is 57.4 Å². The third kappa shape index (κ3) is 5.68. The molecule has 0 aromatic heterocycles. The summed E-state index contributed by atoms with van der Waals surface area (Å²) < 4.78 is 5.68. The van der Waals surface area contributed by atoms with Crippen LogP contribution in [0, 0.1) is 63.6 Å². The zero-order chi connectivity index (χ0) is 27.7. The number of hydrazone groups is 1. The number of nitriles is 1. The van der Waals surface area contributed by atoms with Crippen LogP contribution in [0.1, 0.15) is 119 Å². The van der Waals surface area contributed by atoms with E-state index in [1.165, 1.54) is 51.9 Å². The van der Waals surface area contributed by atoms with Gasteiger partial charge in [-0.3, -0.25) is 9.59 Å². The predicted octanol–water partition coefficient (Wildman–Crippen LogP) is 7.04. The van der Waals surface area contributed by atoms with Gasteiger partial charge in [0.15, 0.2) is 0 Å². The highest BCUT2D eigenvalue weighted by Crippen LogP contribution is 2.68. The number of rotatable bonds is 8. The molecule has 4 aliphatic rings. The van der Waals surface area contributed by atoms with Gasteiger partial charge in [-0.05, 0) is 97.7 Å². The fraction of sp³-hybridized carbons (Fsp3) is 0.875. The van der Waals surface area contributed by atoms with E-state index in [1.54, 1.807) is 0 Å². The zero-order valence-corrected chi connectivity index (χ0v) is 24.7. The van der Waals surface area contributed by atoms with Crippen LogP contribution in [0.15, 0.2) is 5.10 Å². The molecule has 0 heterocycles. The van der Waals surface area contributed by atoms with Crippen LogP contribution in [0.5, 0.6) is 0 Å². The Morgan fingerprint density at radius 1 is 1.08 bits per heavy atom. The Labute approximate surface area is 230 Å². The van der Waals surface area contributed by atoms with Crippen molar-refractivity contribution in [3.8, 4) is 6.07 Å². The van der Waals surface area contributed by atoms with Gasteiger partial charge in [-0.25, -0.2) is 5.43 Å². The van der Waals surface area contributed by atoms with Gasteiger partial charge in [0, 0.05) is 18.6 Å². The van der Waals surface area contributed by atoms with Crippen LogP contribution in [-0.4, -0.2) is 23.7 Å². The quantitative estimate of drug-likeness (QED) is 0.272. The molecule has 4 rings (SSSR count). The first-order valence-electron chi connectivity index (χ1n) is 15.4. The van der Waals surface area contributed by atoms with E-state index >= 15 is 0 Å². The molecule has 0 aliphatic heterocycles. The van der Waals surface area contributed by atoms with E-state index in [-0.39, 0.29) is 35.7 Å². The summed E-state index contributed by atoms with van der Waals surface area (Å²) in [7, 11) is 0. The molecule has 6 heteroatoms. The molecule has 38 heavy (non-hydrogen) atoms. The third-order valence-corrected chi connectivity index (χ3v) is 11.5. The van der Waals surface area contributed by atoms with Gasteiger partial charge in [-0.15, -0.1) is 0 Å². The van der Waals surface area contributed by atoms with Crippen molar-refractivity contribution in [1.29, 1.82) is 5.26 Å². The van der Waals surface area contributed by atoms with Crippen LogP contribution in [0.4, 0.5) is 0 Å². The maximum atomic E-state index is 12.2. The number of nitrogens with zero attached hydrogens (tertiary/aromatic N) is 2. The van der Waals surface area contributed by atoms with Gasteiger partial charge in [0.1, 0.15) is 12.5 Å². The van der Waals surface area contributed by atoms with Crippen molar-refractivity contribution < 1.29 is 14.3 Å². The Bertz CT molecular complexity index is 954. The van der Waals surface area contributed by atoms with Crippen LogP contribution in [0.2, 0.25) is 0 Å². The molecular weight excluding hydrogens is 474 g/mol. The van der Waals surface area contributed by atoms with E-state index in [2.05, 4.69) is 40.0 Å². The van der Waals surface area contributed by atoms with Crippen LogP contribution in [-0.2, 0) is 14.3 Å². The van der Waals surface area contributed by atoms with E-state index in [0.29, 0.717) is 23.2 Å². The summed E-state index contributed by atoms with van der Waals surface area (Å²) >= 11 is 0. The van der Waals surface area contributed by atoms with Crippen LogP contribution in [0.3, 0.4) is 0 Å². The standard InChI is InChI=1S/C32H51N3O3/c1-20(2)8-7-9-21(3)25-10-11-26-24-19-29(34-35-30(37)14-17-33)28-18-23(38-22(4)36)12-15-32(28,6)27(24)13-16-31(25,26)5/h20-21,23-28H,7-16,18-19H2,1-6H3,(H,35,37)/b34-29+/t21-,23+,24+,25-,26+,27+,28-,31-,32-/m1/s1. The number of ether oxygens (including phenoxy) is 1. The molecule has 0 aromatic rings. The lowest BCUT2D eigenvalue weighted by molar-refractivity contribution is -0.153. The zero-order valence-electron chi connectivity index (χ0n) is 24.7. The number of fused-ring (bicyclic) bond motifs is 5. The summed E-state index contributed by atoms with van der Waals surface area (Å²) in [4.78, 5) is 23.9. The van der Waals surface area contributed by atoms with Gasteiger partial charge in [-0.2, -0.15) is 10.4 Å². The lowest BCUT2D eigenvalue weighted by atomic mass is 9.44. The molecule has 0 bridgehead atoms. The summed E-state index contributed by atoms with van der Waals surface area (Å²) in [6, 6.07) is 1.93. The smallest absolute Gasteiger partial charge is 0.302 e. The molecule has 1 amide bonds. The molecular formula is C32H51N3O3. The molecule has 0 unspecified atom stereocenters. The van der Waals surface area contributed by atoms with Crippen molar-refractivity contribution in [2.75, 3.05) is 0 Å². The van der Waals surface area contributed by atoms with E-state index in [0.717, 1.165) is 49.1 Å². The molecule has 0 aromatic carbocycles. The first-order chi connectivity index (χ1) is 18.0. The lowest BCUT2D eigenvalue weighted by Crippen LogP contribution is -2.57. The fourth-order valence-electron chi connectivity index (χ4n) is 9.77. The number of hydrogen-bond donors (Lipinski definition) is 1. The van der Waals surface area contributed by atoms with Gasteiger partial charge in [0.05, 0.1) is 6.07 Å². The molecule has 9 atom stereocenters. The molecule has 212 valence electrons. The SMILES string of the molecule is CC(=O)O[C@H]1CC[C@@]2(C)[C@H](C1)/C(=N/NC(=O)CC#N)C[C@@H]1[C@@H]2CC[C@]2(C)[C@@H]([C@H](C)CCCC(C)C)CC[C@@H]12. The number of esters is 1. The Balaban J connectivity index is 1.58. The largest absolute Gasteiger partial charge is 0.463 e. The Morgan fingerprint density at radius 3 is 2.47 bits per heavy atom. The van der Waals surface area contributed by atoms with E-state index < -0.39 is 0 Å². The molecule has 0 radical (unpaired) electrons. The van der Waals surface area contributed by atoms with Gasteiger partial charge in [-0.1, -0.05) is 53.9 Å². The molecule has 6 nitrogen and oxygen atoms in total. The van der Waals surface area contributed by atoms with Crippen LogP contribution in [0.25, 0.3) is 0 Å². The molecule has 4 saturated carbocycles. The lowest BCUT2D eigenvalue weighted by Gasteiger charge is -2.61. The van der Waals surface area contributed by atoms with Crippen molar-refractivity contribution in [3.05, 3.63) is 0 Å². The van der Waals surface area contributed by atoms with Crippen LogP contribution < -0.4 is 5.43 Å². The van der Waals surface area contributed by atoms with Crippen molar-refractivity contribution in [2.45, 2.75) is 125 Å². The number of carbonyl (C=O) groups excluding carboxylic acids is 2. The van der Waals surface area contributed by atoms with Gasteiger partial charge >= 0.3 is 5.97 Å². The van der Waals surface area contributed by atoms with Gasteiger partial charge in [0.2, 0.25) is 0 Å². The maximum Gasteiger partial charge on any atom is 0.302 e. The highest BCUT2D eigenvalue weighted by molar-refractivity contribution is 5.90. The second-order valence-electron chi connectivity index (χ2n) is 14.1. The Hall–Kier alpha value is -1.90. The van der Waals surface area contributed by atoms with Crippen molar-refractivity contribution in [3.63, 3.8) is 0 Å². The average Bonchev–Trinajstić information content (AvgIpc) is 3.20. The topological polar surface area (TPSA) is 91.5 Å². The normalized spacial score (nSPS) is 40.0. The number of nitrogens with one attached hydrogen (secondary N) is 1. The predicted molar refractivity (Wildman–Crippen MR) is 150 cm³/mol. The Morgan fingerprint density at radius 2 is 1.79 bits per heavy atom. The minimum Gasteiger partial charge on any atom is -0.463 e. The summed E-state index contributed by atoms with van der Waals surface area (Å²) in [5, 5.41) is 13.7. The minimum atomic E-state index is -0.346. The van der Waals surface area contributed by atoms with Gasteiger partial charge < -0.3 is 4.74 Å². The van der Waals surface area contributed by atoms with E-state index in [1.807, 2.05) is 6.07 Å². The fourth-order valence-corrected chi connectivity index (χ4v) is 9.77. The maximum absolute atomic E-state index is 12.2. The highest BCUT2D eigenvalue weighted by atomic mass is 16.5. The molecule has 1 N–H and O–H groups in total. The summed E-state index contributed by atoms with van der Waals surface area (Å²) in [6.45, 7) is 13.7. The molecule has 4 fully saturated rings. The third-order valence-electron chi connectivity index (χ3n) is 11.5. The summed E-state index contributed by atoms with van der Waals surface area (Å²) in [5.41, 5.74) is 4.24. The Kier molecular flexibility index (Phi) is 8.95. The minimum absolute atomic E-state index is 0.0847. The molecule has 0 saturated heterocycles. The van der Waals surface area contributed by atoms with Crippen molar-refractivity contribution >= 4 is 17.6 Å². The summed E-state index contributed by atoms with van der Waals surface area (Å²) in [6.07, 6.45) is 12.6. The number of carbonyl (C=O) groups is 2. The average molecular weight is 526 g/mol. The van der Waals surface area contributed by atoms with E-state index in [9.17, 15) is 9.59 Å². The second-order valence-corrected chi connectivity index (χ2v) is 14.1.